The van der Waals surface area contributed by atoms with Crippen molar-refractivity contribution in [1.29, 1.82) is 0 Å². The molecule has 0 radical (unpaired) electrons. The first-order chi connectivity index (χ1) is 14.3. The monoisotopic (exact) mass is 461 g/mol. The van der Waals surface area contributed by atoms with Gasteiger partial charge in [0.05, 0.1) is 15.7 Å². The molecule has 0 saturated heterocycles. The molecule has 30 heavy (non-hydrogen) atoms. The van der Waals surface area contributed by atoms with E-state index >= 15 is 0 Å². The summed E-state index contributed by atoms with van der Waals surface area (Å²) in [6, 6.07) is 10.7. The minimum atomic E-state index is -0.690. The van der Waals surface area contributed by atoms with Gasteiger partial charge in [0.15, 0.2) is 11.4 Å². The number of nitrogen functional groups attached to an aromatic ring is 1. The lowest BCUT2D eigenvalue weighted by molar-refractivity contribution is 0.0952. The maximum absolute atomic E-state index is 12.4. The molecule has 0 bridgehead atoms. The number of pyridine rings is 1. The molecular weight excluding hydrogens is 445 g/mol. The molecular formula is C21H17Cl2N3O3S. The summed E-state index contributed by atoms with van der Waals surface area (Å²) in [6.45, 7) is 0. The van der Waals surface area contributed by atoms with Gasteiger partial charge in [0.25, 0.3) is 5.91 Å². The third-order valence-corrected chi connectivity index (χ3v) is 6.94. The maximum Gasteiger partial charge on any atom is 0.273 e. The van der Waals surface area contributed by atoms with Crippen molar-refractivity contribution in [1.82, 2.24) is 9.99 Å². The molecule has 0 unspecified atom stereocenters. The Morgan fingerprint density at radius 3 is 2.67 bits per heavy atom. The average Bonchev–Trinajstić information content (AvgIpc) is 2.90. The summed E-state index contributed by atoms with van der Waals surface area (Å²) < 4.78 is 1.05. The highest BCUT2D eigenvalue weighted by Gasteiger charge is 2.24. The Kier molecular flexibility index (Phi) is 5.44. The van der Waals surface area contributed by atoms with E-state index < -0.39 is 17.1 Å². The van der Waals surface area contributed by atoms with E-state index in [1.807, 2.05) is 30.3 Å². The highest BCUT2D eigenvalue weighted by atomic mass is 35.5. The zero-order chi connectivity index (χ0) is 21.6. The van der Waals surface area contributed by atoms with E-state index in [1.165, 1.54) is 13.1 Å². The maximum atomic E-state index is 12.4. The van der Waals surface area contributed by atoms with Gasteiger partial charge in [-0.2, -0.15) is 0 Å². The van der Waals surface area contributed by atoms with Crippen LogP contribution in [-0.4, -0.2) is 22.7 Å². The minimum absolute atomic E-state index is 0.296. The summed E-state index contributed by atoms with van der Waals surface area (Å²) in [5.41, 5.74) is 3.12. The van der Waals surface area contributed by atoms with E-state index in [-0.39, 0.29) is 5.69 Å². The van der Waals surface area contributed by atoms with Gasteiger partial charge in [-0.05, 0) is 35.2 Å². The average molecular weight is 462 g/mol. The number of carbonyl (C=O) groups excluding carboxylic acids is 1. The topological polar surface area (TPSA) is 97.4 Å². The number of carbonyl (C=O) groups is 1. The fourth-order valence-electron chi connectivity index (χ4n) is 3.56. The Bertz CT molecular complexity index is 1260. The largest absolute Gasteiger partial charge is 0.502 e. The lowest BCUT2D eigenvalue weighted by Crippen LogP contribution is -2.30. The van der Waals surface area contributed by atoms with Crippen LogP contribution in [0.4, 0.5) is 0 Å². The molecule has 0 saturated carbocycles. The van der Waals surface area contributed by atoms with Crippen LogP contribution in [0, 0.1) is 0 Å². The quantitative estimate of drug-likeness (QED) is 0.504. The van der Waals surface area contributed by atoms with Gasteiger partial charge in [0.2, 0.25) is 5.43 Å². The first-order valence-electron chi connectivity index (χ1n) is 8.99. The SMILES string of the molecule is CNC(=O)c1c(O)c(=O)cc(-c2cccc3c2Cc2cc(Cl)c(Cl)cc2SC3)n1N. The summed E-state index contributed by atoms with van der Waals surface area (Å²) in [7, 11) is 1.40. The molecule has 1 amide bonds. The summed E-state index contributed by atoms with van der Waals surface area (Å²) in [4.78, 5) is 25.6. The molecule has 154 valence electrons. The number of hydrogen-bond donors (Lipinski definition) is 3. The van der Waals surface area contributed by atoms with Crippen molar-refractivity contribution >= 4 is 40.9 Å². The Morgan fingerprint density at radius 2 is 1.93 bits per heavy atom. The molecule has 0 atom stereocenters. The summed E-state index contributed by atoms with van der Waals surface area (Å²) in [5, 5.41) is 13.5. The van der Waals surface area contributed by atoms with Crippen LogP contribution in [0.15, 0.2) is 46.1 Å². The van der Waals surface area contributed by atoms with Gasteiger partial charge in [0, 0.05) is 29.3 Å². The van der Waals surface area contributed by atoms with Gasteiger partial charge in [-0.15, -0.1) is 11.8 Å². The van der Waals surface area contributed by atoms with Crippen molar-refractivity contribution in [2.75, 3.05) is 12.9 Å². The molecule has 1 aliphatic rings. The van der Waals surface area contributed by atoms with Crippen LogP contribution in [0.3, 0.4) is 0 Å². The predicted octanol–water partition coefficient (Wildman–Crippen LogP) is 3.80. The predicted molar refractivity (Wildman–Crippen MR) is 120 cm³/mol. The molecule has 0 aliphatic carbocycles. The number of nitrogens with one attached hydrogen (secondary N) is 1. The standard InChI is InChI=1S/C21H17Cl2N3O3S/c1-25-21(29)19-20(28)17(27)8-16(26(19)24)12-4-2-3-10-9-30-18-7-15(23)14(22)6-11(18)5-13(10)12/h2-4,6-8,28H,5,9,24H2,1H3,(H,25,29). The molecule has 9 heteroatoms. The summed E-state index contributed by atoms with van der Waals surface area (Å²) in [6.07, 6.45) is 0.551. The van der Waals surface area contributed by atoms with Crippen LogP contribution in [0.25, 0.3) is 11.3 Å². The second kappa shape index (κ2) is 7.91. The zero-order valence-corrected chi connectivity index (χ0v) is 18.2. The number of benzene rings is 2. The molecule has 1 aromatic heterocycles. The van der Waals surface area contributed by atoms with E-state index in [4.69, 9.17) is 29.0 Å². The molecule has 1 aliphatic heterocycles. The van der Waals surface area contributed by atoms with E-state index in [0.29, 0.717) is 33.5 Å². The number of aromatic nitrogens is 1. The van der Waals surface area contributed by atoms with Crippen molar-refractivity contribution in [3.05, 3.63) is 79.1 Å². The Balaban J connectivity index is 1.94. The van der Waals surface area contributed by atoms with Crippen LogP contribution < -0.4 is 16.6 Å². The number of halogens is 2. The van der Waals surface area contributed by atoms with Gasteiger partial charge in [-0.1, -0.05) is 41.4 Å². The molecule has 6 nitrogen and oxygen atoms in total. The van der Waals surface area contributed by atoms with Gasteiger partial charge >= 0.3 is 0 Å². The number of nitrogens with two attached hydrogens (primary N) is 1. The van der Waals surface area contributed by atoms with Gasteiger partial charge < -0.3 is 16.3 Å². The molecule has 0 fully saturated rings. The van der Waals surface area contributed by atoms with Crippen LogP contribution in [0.1, 0.15) is 27.2 Å². The fraction of sp³-hybridized carbons (Fsp3) is 0.143. The van der Waals surface area contributed by atoms with Crippen molar-refractivity contribution in [2.45, 2.75) is 17.1 Å². The van der Waals surface area contributed by atoms with Crippen molar-refractivity contribution in [3.63, 3.8) is 0 Å². The molecule has 3 aromatic rings. The molecule has 2 aromatic carbocycles. The zero-order valence-electron chi connectivity index (χ0n) is 15.8. The van der Waals surface area contributed by atoms with Gasteiger partial charge in [-0.25, -0.2) is 0 Å². The highest BCUT2D eigenvalue weighted by Crippen LogP contribution is 2.40. The fourth-order valence-corrected chi connectivity index (χ4v) is 5.08. The first kappa shape index (κ1) is 20.7. The third kappa shape index (κ3) is 3.43. The van der Waals surface area contributed by atoms with Crippen LogP contribution in [-0.2, 0) is 12.2 Å². The van der Waals surface area contributed by atoms with Crippen LogP contribution in [0.5, 0.6) is 5.75 Å². The number of thioether (sulfide) groups is 1. The summed E-state index contributed by atoms with van der Waals surface area (Å²) >= 11 is 14.1. The Morgan fingerprint density at radius 1 is 1.20 bits per heavy atom. The van der Waals surface area contributed by atoms with E-state index in [0.717, 1.165) is 26.3 Å². The van der Waals surface area contributed by atoms with E-state index in [2.05, 4.69) is 5.32 Å². The number of amides is 1. The molecule has 4 rings (SSSR count). The number of hydrogen-bond acceptors (Lipinski definition) is 5. The molecule has 4 N–H and O–H groups in total. The summed E-state index contributed by atoms with van der Waals surface area (Å²) in [5.74, 6) is 5.54. The number of aromatic hydroxyl groups is 1. The lowest BCUT2D eigenvalue weighted by atomic mass is 9.93. The van der Waals surface area contributed by atoms with Crippen molar-refractivity contribution in [3.8, 4) is 17.0 Å². The number of fused-ring (bicyclic) bond motifs is 2. The Labute approximate surface area is 186 Å². The Hall–Kier alpha value is -2.61. The smallest absolute Gasteiger partial charge is 0.273 e. The van der Waals surface area contributed by atoms with Gasteiger partial charge in [-0.3, -0.25) is 14.3 Å². The van der Waals surface area contributed by atoms with Crippen molar-refractivity contribution < 1.29 is 9.90 Å². The third-order valence-electron chi connectivity index (χ3n) is 5.07. The normalized spacial score (nSPS) is 12.6. The first-order valence-corrected chi connectivity index (χ1v) is 10.7. The van der Waals surface area contributed by atoms with Crippen LogP contribution >= 0.6 is 35.0 Å². The minimum Gasteiger partial charge on any atom is -0.502 e. The number of rotatable bonds is 2. The lowest BCUT2D eigenvalue weighted by Gasteiger charge is -2.18. The van der Waals surface area contributed by atoms with Gasteiger partial charge in [0.1, 0.15) is 0 Å². The van der Waals surface area contributed by atoms with Crippen molar-refractivity contribution in [2.24, 2.45) is 0 Å². The second-order valence-electron chi connectivity index (χ2n) is 6.82. The molecule has 2 heterocycles. The van der Waals surface area contributed by atoms with Crippen LogP contribution in [0.2, 0.25) is 10.0 Å². The van der Waals surface area contributed by atoms with E-state index in [1.54, 1.807) is 11.8 Å². The molecule has 0 spiro atoms. The highest BCUT2D eigenvalue weighted by molar-refractivity contribution is 7.98. The second-order valence-corrected chi connectivity index (χ2v) is 8.65. The number of nitrogens with zero attached hydrogens (tertiary/aromatic N) is 1. The van der Waals surface area contributed by atoms with E-state index in [9.17, 15) is 14.7 Å².